The summed E-state index contributed by atoms with van der Waals surface area (Å²) < 4.78 is 5.53. The molecule has 3 N–H and O–H groups in total. The lowest BCUT2D eigenvalue weighted by atomic mass is 10.1. The SMILES string of the molecule is CCNC(=NCc1cccc(C(=O)NCC2CCCO2)c1)NCC. The van der Waals surface area contributed by atoms with Crippen LogP contribution in [0.5, 0.6) is 0 Å². The summed E-state index contributed by atoms with van der Waals surface area (Å²) in [5, 5.41) is 9.33. The van der Waals surface area contributed by atoms with E-state index in [0.29, 0.717) is 18.7 Å². The fourth-order valence-electron chi connectivity index (χ4n) is 2.60. The molecule has 0 aromatic heterocycles. The first-order valence-electron chi connectivity index (χ1n) is 8.73. The van der Waals surface area contributed by atoms with Gasteiger partial charge in [0.05, 0.1) is 12.6 Å². The summed E-state index contributed by atoms with van der Waals surface area (Å²) in [7, 11) is 0. The molecule has 2 rings (SSSR count). The van der Waals surface area contributed by atoms with Gasteiger partial charge in [-0.2, -0.15) is 0 Å². The number of amides is 1. The molecular formula is C18H28N4O2. The summed E-state index contributed by atoms with van der Waals surface area (Å²) in [5.41, 5.74) is 1.67. The van der Waals surface area contributed by atoms with Gasteiger partial charge in [0.25, 0.3) is 5.91 Å². The molecule has 1 unspecified atom stereocenters. The summed E-state index contributed by atoms with van der Waals surface area (Å²) >= 11 is 0. The minimum absolute atomic E-state index is 0.0603. The Labute approximate surface area is 144 Å². The predicted molar refractivity (Wildman–Crippen MR) is 96.2 cm³/mol. The monoisotopic (exact) mass is 332 g/mol. The minimum Gasteiger partial charge on any atom is -0.376 e. The van der Waals surface area contributed by atoms with Crippen molar-refractivity contribution in [2.24, 2.45) is 4.99 Å². The van der Waals surface area contributed by atoms with Gasteiger partial charge in [0, 0.05) is 31.8 Å². The van der Waals surface area contributed by atoms with Gasteiger partial charge in [0.2, 0.25) is 0 Å². The predicted octanol–water partition coefficient (Wildman–Crippen LogP) is 1.67. The zero-order valence-electron chi connectivity index (χ0n) is 14.6. The van der Waals surface area contributed by atoms with Crippen molar-refractivity contribution < 1.29 is 9.53 Å². The lowest BCUT2D eigenvalue weighted by molar-refractivity contribution is 0.0857. The molecule has 1 saturated heterocycles. The summed E-state index contributed by atoms with van der Waals surface area (Å²) in [6.07, 6.45) is 2.25. The van der Waals surface area contributed by atoms with Gasteiger partial charge in [-0.15, -0.1) is 0 Å². The Bertz CT molecular complexity index is 546. The Morgan fingerprint density at radius 2 is 2.04 bits per heavy atom. The molecule has 0 saturated carbocycles. The number of aliphatic imine (C=N–C) groups is 1. The number of rotatable bonds is 7. The van der Waals surface area contributed by atoms with Crippen LogP contribution in [0.1, 0.15) is 42.6 Å². The van der Waals surface area contributed by atoms with Gasteiger partial charge in [-0.25, -0.2) is 4.99 Å². The van der Waals surface area contributed by atoms with Crippen LogP contribution in [0.2, 0.25) is 0 Å². The Morgan fingerprint density at radius 1 is 1.25 bits per heavy atom. The number of benzene rings is 1. The molecule has 6 nitrogen and oxygen atoms in total. The van der Waals surface area contributed by atoms with E-state index in [2.05, 4.69) is 20.9 Å². The molecule has 1 amide bonds. The molecule has 0 bridgehead atoms. The maximum atomic E-state index is 12.3. The van der Waals surface area contributed by atoms with Crippen LogP contribution >= 0.6 is 0 Å². The molecular weight excluding hydrogens is 304 g/mol. The first kappa shape index (κ1) is 18.3. The van der Waals surface area contributed by atoms with Crippen molar-refractivity contribution in [2.75, 3.05) is 26.2 Å². The van der Waals surface area contributed by atoms with Crippen LogP contribution in [0.3, 0.4) is 0 Å². The zero-order chi connectivity index (χ0) is 17.2. The van der Waals surface area contributed by atoms with Gasteiger partial charge in [0.15, 0.2) is 5.96 Å². The van der Waals surface area contributed by atoms with E-state index in [-0.39, 0.29) is 12.0 Å². The smallest absolute Gasteiger partial charge is 0.251 e. The van der Waals surface area contributed by atoms with Gasteiger partial charge in [-0.3, -0.25) is 4.79 Å². The molecule has 1 atom stereocenters. The minimum atomic E-state index is -0.0603. The lowest BCUT2D eigenvalue weighted by Crippen LogP contribution is -2.37. The normalized spacial score (nSPS) is 16.5. The van der Waals surface area contributed by atoms with E-state index in [0.717, 1.165) is 44.1 Å². The lowest BCUT2D eigenvalue weighted by Gasteiger charge is -2.11. The summed E-state index contributed by atoms with van der Waals surface area (Å²) in [5.74, 6) is 0.725. The third-order valence-electron chi connectivity index (χ3n) is 3.81. The second kappa shape index (κ2) is 9.93. The fourth-order valence-corrected chi connectivity index (χ4v) is 2.60. The third kappa shape index (κ3) is 5.85. The molecule has 132 valence electrons. The number of hydrogen-bond acceptors (Lipinski definition) is 3. The molecule has 0 radical (unpaired) electrons. The molecule has 1 aromatic rings. The van der Waals surface area contributed by atoms with Crippen LogP contribution in [0, 0.1) is 0 Å². The Morgan fingerprint density at radius 3 is 2.71 bits per heavy atom. The van der Waals surface area contributed by atoms with Crippen molar-refractivity contribution in [1.29, 1.82) is 0 Å². The molecule has 0 aliphatic carbocycles. The van der Waals surface area contributed by atoms with Gasteiger partial charge < -0.3 is 20.7 Å². The Kier molecular flexibility index (Phi) is 7.55. The van der Waals surface area contributed by atoms with Crippen LogP contribution in [-0.2, 0) is 11.3 Å². The van der Waals surface area contributed by atoms with E-state index in [1.165, 1.54) is 0 Å². The molecule has 6 heteroatoms. The number of hydrogen-bond donors (Lipinski definition) is 3. The van der Waals surface area contributed by atoms with Gasteiger partial charge in [-0.05, 0) is 44.4 Å². The standard InChI is InChI=1S/C18H28N4O2/c1-3-19-18(20-4-2)22-12-14-7-5-8-15(11-14)17(23)21-13-16-9-6-10-24-16/h5,7-8,11,16H,3-4,6,9-10,12-13H2,1-2H3,(H,21,23)(H2,19,20,22). The average Bonchev–Trinajstić information content (AvgIpc) is 3.12. The van der Waals surface area contributed by atoms with E-state index in [9.17, 15) is 4.79 Å². The molecule has 1 heterocycles. The van der Waals surface area contributed by atoms with E-state index in [1.54, 1.807) is 0 Å². The maximum Gasteiger partial charge on any atom is 0.251 e. The molecule has 1 fully saturated rings. The Hall–Kier alpha value is -2.08. The van der Waals surface area contributed by atoms with Crippen LogP contribution in [0.15, 0.2) is 29.3 Å². The average molecular weight is 332 g/mol. The third-order valence-corrected chi connectivity index (χ3v) is 3.81. The topological polar surface area (TPSA) is 74.8 Å². The first-order chi connectivity index (χ1) is 11.7. The highest BCUT2D eigenvalue weighted by atomic mass is 16.5. The fraction of sp³-hybridized carbons (Fsp3) is 0.556. The van der Waals surface area contributed by atoms with Crippen LogP contribution in [0.25, 0.3) is 0 Å². The molecule has 24 heavy (non-hydrogen) atoms. The van der Waals surface area contributed by atoms with Gasteiger partial charge in [-0.1, -0.05) is 12.1 Å². The van der Waals surface area contributed by atoms with Crippen molar-refractivity contribution in [3.05, 3.63) is 35.4 Å². The van der Waals surface area contributed by atoms with Gasteiger partial charge in [0.1, 0.15) is 0 Å². The molecule has 1 aliphatic heterocycles. The number of nitrogens with zero attached hydrogens (tertiary/aromatic N) is 1. The highest BCUT2D eigenvalue weighted by molar-refractivity contribution is 5.94. The largest absolute Gasteiger partial charge is 0.376 e. The van der Waals surface area contributed by atoms with Crippen LogP contribution in [-0.4, -0.2) is 44.2 Å². The highest BCUT2D eigenvalue weighted by Crippen LogP contribution is 2.11. The van der Waals surface area contributed by atoms with Crippen LogP contribution in [0.4, 0.5) is 0 Å². The Balaban J connectivity index is 1.91. The van der Waals surface area contributed by atoms with Crippen molar-refractivity contribution in [3.8, 4) is 0 Å². The number of nitrogens with one attached hydrogen (secondary N) is 3. The summed E-state index contributed by atoms with van der Waals surface area (Å²) in [4.78, 5) is 16.8. The first-order valence-corrected chi connectivity index (χ1v) is 8.73. The van der Waals surface area contributed by atoms with E-state index in [1.807, 2.05) is 38.1 Å². The van der Waals surface area contributed by atoms with Crippen molar-refractivity contribution >= 4 is 11.9 Å². The number of carbonyl (C=O) groups excluding carboxylic acids is 1. The van der Waals surface area contributed by atoms with Crippen LogP contribution < -0.4 is 16.0 Å². The van der Waals surface area contributed by atoms with E-state index >= 15 is 0 Å². The molecule has 0 spiro atoms. The molecule has 1 aliphatic rings. The number of ether oxygens (including phenoxy) is 1. The summed E-state index contributed by atoms with van der Waals surface area (Å²) in [6, 6.07) is 7.60. The van der Waals surface area contributed by atoms with Crippen molar-refractivity contribution in [1.82, 2.24) is 16.0 Å². The quantitative estimate of drug-likeness (QED) is 0.524. The van der Waals surface area contributed by atoms with E-state index in [4.69, 9.17) is 4.74 Å². The number of guanidine groups is 1. The van der Waals surface area contributed by atoms with Crippen molar-refractivity contribution in [3.63, 3.8) is 0 Å². The van der Waals surface area contributed by atoms with Gasteiger partial charge >= 0.3 is 0 Å². The summed E-state index contributed by atoms with van der Waals surface area (Å²) in [6.45, 7) is 7.61. The van der Waals surface area contributed by atoms with Crippen molar-refractivity contribution in [2.45, 2.75) is 39.3 Å². The second-order valence-electron chi connectivity index (χ2n) is 5.77. The van der Waals surface area contributed by atoms with E-state index < -0.39 is 0 Å². The number of carbonyl (C=O) groups is 1. The zero-order valence-corrected chi connectivity index (χ0v) is 14.6. The highest BCUT2D eigenvalue weighted by Gasteiger charge is 2.16. The maximum absolute atomic E-state index is 12.3. The second-order valence-corrected chi connectivity index (χ2v) is 5.77. The molecule has 1 aromatic carbocycles.